The Kier molecular flexibility index (Phi) is 5.37. The minimum absolute atomic E-state index is 0.152. The standard InChI is InChI=1S/C12H8Br2ClFN2O2S/c13-8-1-2-10(16)7(3-8)5-18-21(19,20)11-4-9(14)6-17-12(11)15/h1-4,6,18H,5H2. The molecule has 0 atom stereocenters. The average molecular weight is 459 g/mol. The molecule has 0 radical (unpaired) electrons. The Bertz CT molecular complexity index is 787. The van der Waals surface area contributed by atoms with E-state index < -0.39 is 15.8 Å². The molecule has 0 amide bonds. The van der Waals surface area contributed by atoms with Gasteiger partial charge in [0, 0.05) is 27.3 Å². The molecule has 21 heavy (non-hydrogen) atoms. The van der Waals surface area contributed by atoms with Crippen molar-refractivity contribution in [3.8, 4) is 0 Å². The number of nitrogens with one attached hydrogen (secondary N) is 1. The van der Waals surface area contributed by atoms with Gasteiger partial charge in [0.15, 0.2) is 0 Å². The Morgan fingerprint density at radius 1 is 1.24 bits per heavy atom. The lowest BCUT2D eigenvalue weighted by Crippen LogP contribution is -2.24. The summed E-state index contributed by atoms with van der Waals surface area (Å²) in [5.41, 5.74) is 0.215. The highest BCUT2D eigenvalue weighted by atomic mass is 79.9. The van der Waals surface area contributed by atoms with Crippen LogP contribution in [-0.4, -0.2) is 13.4 Å². The normalized spacial score (nSPS) is 11.6. The number of hydrogen-bond donors (Lipinski definition) is 1. The average Bonchev–Trinajstić information content (AvgIpc) is 2.42. The molecule has 0 aliphatic heterocycles. The van der Waals surface area contributed by atoms with E-state index in [1.54, 1.807) is 0 Å². The van der Waals surface area contributed by atoms with Gasteiger partial charge in [0.1, 0.15) is 15.9 Å². The molecule has 0 aliphatic carbocycles. The van der Waals surface area contributed by atoms with Gasteiger partial charge in [-0.15, -0.1) is 0 Å². The molecule has 1 aromatic carbocycles. The van der Waals surface area contributed by atoms with Crippen molar-refractivity contribution in [1.29, 1.82) is 0 Å². The smallest absolute Gasteiger partial charge is 0.242 e. The van der Waals surface area contributed by atoms with Gasteiger partial charge in [-0.25, -0.2) is 22.5 Å². The van der Waals surface area contributed by atoms with Crippen molar-refractivity contribution in [2.45, 2.75) is 11.4 Å². The van der Waals surface area contributed by atoms with Crippen LogP contribution >= 0.6 is 43.5 Å². The van der Waals surface area contributed by atoms with Crippen molar-refractivity contribution < 1.29 is 12.8 Å². The second-order valence-corrected chi connectivity index (χ2v) is 7.93. The third-order valence-electron chi connectivity index (χ3n) is 2.52. The molecule has 1 N–H and O–H groups in total. The first-order chi connectivity index (χ1) is 9.79. The van der Waals surface area contributed by atoms with Crippen LogP contribution in [0.15, 0.2) is 44.3 Å². The molecule has 112 valence electrons. The number of sulfonamides is 1. The highest BCUT2D eigenvalue weighted by Crippen LogP contribution is 2.23. The number of halogens is 4. The molecule has 9 heteroatoms. The predicted molar refractivity (Wildman–Crippen MR) is 85.1 cm³/mol. The Labute approximate surface area is 143 Å². The summed E-state index contributed by atoms with van der Waals surface area (Å²) in [5.74, 6) is -0.501. The van der Waals surface area contributed by atoms with E-state index >= 15 is 0 Å². The van der Waals surface area contributed by atoms with E-state index in [0.29, 0.717) is 8.95 Å². The predicted octanol–water partition coefficient (Wildman–Crippen LogP) is 3.88. The Balaban J connectivity index is 2.26. The fourth-order valence-corrected chi connectivity index (χ4v) is 3.88. The van der Waals surface area contributed by atoms with Gasteiger partial charge in [-0.05, 0) is 40.2 Å². The number of pyridine rings is 1. The van der Waals surface area contributed by atoms with Crippen LogP contribution in [-0.2, 0) is 16.6 Å². The summed E-state index contributed by atoms with van der Waals surface area (Å²) in [4.78, 5) is 3.58. The van der Waals surface area contributed by atoms with Crippen LogP contribution in [0.1, 0.15) is 5.56 Å². The van der Waals surface area contributed by atoms with Gasteiger partial charge in [-0.3, -0.25) is 0 Å². The highest BCUT2D eigenvalue weighted by molar-refractivity contribution is 9.10. The van der Waals surface area contributed by atoms with Crippen molar-refractivity contribution in [3.63, 3.8) is 0 Å². The maximum atomic E-state index is 13.6. The van der Waals surface area contributed by atoms with Crippen LogP contribution in [0.2, 0.25) is 5.15 Å². The van der Waals surface area contributed by atoms with E-state index in [1.807, 2.05) is 0 Å². The SMILES string of the molecule is O=S(=O)(NCc1cc(Br)ccc1F)c1cc(Br)cnc1Cl. The van der Waals surface area contributed by atoms with Crippen molar-refractivity contribution in [2.75, 3.05) is 0 Å². The van der Waals surface area contributed by atoms with Crippen molar-refractivity contribution in [2.24, 2.45) is 0 Å². The second-order valence-electron chi connectivity index (χ2n) is 4.00. The van der Waals surface area contributed by atoms with Crippen LogP contribution in [0, 0.1) is 5.82 Å². The largest absolute Gasteiger partial charge is 0.243 e. The minimum atomic E-state index is -3.90. The van der Waals surface area contributed by atoms with E-state index in [4.69, 9.17) is 11.6 Å². The Hall–Kier alpha value is -0.540. The van der Waals surface area contributed by atoms with Crippen molar-refractivity contribution in [3.05, 3.63) is 55.9 Å². The summed E-state index contributed by atoms with van der Waals surface area (Å²) in [6, 6.07) is 5.61. The molecule has 4 nitrogen and oxygen atoms in total. The fraction of sp³-hybridized carbons (Fsp3) is 0.0833. The summed E-state index contributed by atoms with van der Waals surface area (Å²) in [6.45, 7) is -0.198. The Morgan fingerprint density at radius 3 is 2.67 bits per heavy atom. The van der Waals surface area contributed by atoms with E-state index in [0.717, 1.165) is 0 Å². The molecular formula is C12H8Br2ClFN2O2S. The van der Waals surface area contributed by atoms with Gasteiger partial charge >= 0.3 is 0 Å². The number of rotatable bonds is 4. The first-order valence-electron chi connectivity index (χ1n) is 5.54. The van der Waals surface area contributed by atoms with Crippen LogP contribution in [0.5, 0.6) is 0 Å². The summed E-state index contributed by atoms with van der Waals surface area (Å²) < 4.78 is 41.4. The molecular weight excluding hydrogens is 450 g/mol. The third-order valence-corrected chi connectivity index (χ3v) is 5.28. The lowest BCUT2D eigenvalue weighted by Gasteiger charge is -2.09. The quantitative estimate of drug-likeness (QED) is 0.708. The summed E-state index contributed by atoms with van der Waals surface area (Å²) >= 11 is 12.1. The van der Waals surface area contributed by atoms with Crippen molar-refractivity contribution in [1.82, 2.24) is 9.71 Å². The summed E-state index contributed by atoms with van der Waals surface area (Å²) in [6.07, 6.45) is 1.38. The Morgan fingerprint density at radius 2 is 1.95 bits per heavy atom. The molecule has 0 saturated carbocycles. The highest BCUT2D eigenvalue weighted by Gasteiger charge is 2.19. The van der Waals surface area contributed by atoms with Gasteiger partial charge in [-0.2, -0.15) is 0 Å². The van der Waals surface area contributed by atoms with E-state index in [9.17, 15) is 12.8 Å². The van der Waals surface area contributed by atoms with Crippen LogP contribution in [0.4, 0.5) is 4.39 Å². The zero-order chi connectivity index (χ0) is 15.6. The first-order valence-corrected chi connectivity index (χ1v) is 8.99. The second kappa shape index (κ2) is 6.70. The van der Waals surface area contributed by atoms with E-state index in [-0.39, 0.29) is 22.2 Å². The lowest BCUT2D eigenvalue weighted by molar-refractivity contribution is 0.574. The topological polar surface area (TPSA) is 59.1 Å². The number of hydrogen-bond acceptors (Lipinski definition) is 3. The van der Waals surface area contributed by atoms with E-state index in [1.165, 1.54) is 30.5 Å². The summed E-state index contributed by atoms with van der Waals surface area (Å²) in [5, 5.41) is -0.152. The third kappa shape index (κ3) is 4.23. The van der Waals surface area contributed by atoms with Gasteiger partial charge in [-0.1, -0.05) is 27.5 Å². The molecule has 2 rings (SSSR count). The van der Waals surface area contributed by atoms with Crippen LogP contribution in [0.3, 0.4) is 0 Å². The van der Waals surface area contributed by atoms with Gasteiger partial charge in [0.2, 0.25) is 10.0 Å². The molecule has 0 unspecified atom stereocenters. The van der Waals surface area contributed by atoms with E-state index in [2.05, 4.69) is 41.6 Å². The number of aromatic nitrogens is 1. The fourth-order valence-electron chi connectivity index (χ4n) is 1.52. The lowest BCUT2D eigenvalue weighted by atomic mass is 10.2. The molecule has 0 bridgehead atoms. The zero-order valence-corrected chi connectivity index (χ0v) is 15.0. The zero-order valence-electron chi connectivity index (χ0n) is 10.3. The molecule has 0 aliphatic rings. The van der Waals surface area contributed by atoms with Crippen molar-refractivity contribution >= 4 is 53.5 Å². The number of nitrogens with zero attached hydrogens (tertiary/aromatic N) is 1. The molecule has 2 aromatic rings. The van der Waals surface area contributed by atoms with Crippen LogP contribution in [0.25, 0.3) is 0 Å². The maximum Gasteiger partial charge on any atom is 0.243 e. The molecule has 0 spiro atoms. The molecule has 1 heterocycles. The summed E-state index contributed by atoms with van der Waals surface area (Å²) in [7, 11) is -3.90. The monoisotopic (exact) mass is 456 g/mol. The molecule has 0 fully saturated rings. The van der Waals surface area contributed by atoms with Gasteiger partial charge in [0.05, 0.1) is 0 Å². The van der Waals surface area contributed by atoms with Gasteiger partial charge < -0.3 is 0 Å². The maximum absolute atomic E-state index is 13.6. The minimum Gasteiger partial charge on any atom is -0.242 e. The van der Waals surface area contributed by atoms with Gasteiger partial charge in [0.25, 0.3) is 0 Å². The van der Waals surface area contributed by atoms with Crippen LogP contribution < -0.4 is 4.72 Å². The first kappa shape index (κ1) is 16.8. The molecule has 0 saturated heterocycles. The molecule has 1 aromatic heterocycles. The number of benzene rings is 1.